The summed E-state index contributed by atoms with van der Waals surface area (Å²) in [4.78, 5) is 0. The third kappa shape index (κ3) is 5.27. The van der Waals surface area contributed by atoms with Gasteiger partial charge in [-0.3, -0.25) is 0 Å². The molecule has 2 nitrogen and oxygen atoms in total. The molecule has 0 unspecified atom stereocenters. The SMILES string of the molecule is Fc1c(CC2CCCC2)ccc(OCCC2CCCC2)c1OC(F)(F)F. The maximum absolute atomic E-state index is 14.7. The highest BCUT2D eigenvalue weighted by atomic mass is 19.4. The molecular formula is C20H26F4O2. The van der Waals surface area contributed by atoms with Gasteiger partial charge in [0.05, 0.1) is 6.61 Å². The predicted octanol–water partition coefficient (Wildman–Crippen LogP) is 6.42. The molecule has 0 heterocycles. The van der Waals surface area contributed by atoms with Gasteiger partial charge in [-0.15, -0.1) is 13.2 Å². The molecule has 0 aliphatic heterocycles. The van der Waals surface area contributed by atoms with E-state index in [1.807, 2.05) is 0 Å². The van der Waals surface area contributed by atoms with Crippen LogP contribution in [0.5, 0.6) is 11.5 Å². The second-order valence-electron chi connectivity index (χ2n) is 7.56. The number of halogens is 4. The van der Waals surface area contributed by atoms with Crippen molar-refractivity contribution in [1.82, 2.24) is 0 Å². The van der Waals surface area contributed by atoms with Crippen LogP contribution < -0.4 is 9.47 Å². The predicted molar refractivity (Wildman–Crippen MR) is 90.8 cm³/mol. The Labute approximate surface area is 151 Å². The van der Waals surface area contributed by atoms with Crippen LogP contribution in [-0.4, -0.2) is 13.0 Å². The Morgan fingerprint density at radius 2 is 1.54 bits per heavy atom. The first kappa shape index (κ1) is 19.3. The van der Waals surface area contributed by atoms with Gasteiger partial charge < -0.3 is 9.47 Å². The lowest BCUT2D eigenvalue weighted by atomic mass is 9.97. The number of rotatable bonds is 7. The van der Waals surface area contributed by atoms with E-state index >= 15 is 0 Å². The largest absolute Gasteiger partial charge is 0.573 e. The highest BCUT2D eigenvalue weighted by Crippen LogP contribution is 2.39. The van der Waals surface area contributed by atoms with Gasteiger partial charge in [0.1, 0.15) is 0 Å². The summed E-state index contributed by atoms with van der Waals surface area (Å²) in [5.41, 5.74) is 0.277. The molecule has 2 fully saturated rings. The molecule has 1 aromatic rings. The molecule has 0 N–H and O–H groups in total. The summed E-state index contributed by atoms with van der Waals surface area (Å²) in [6.45, 7) is 0.278. The summed E-state index contributed by atoms with van der Waals surface area (Å²) in [5, 5.41) is 0. The lowest BCUT2D eigenvalue weighted by molar-refractivity contribution is -0.276. The van der Waals surface area contributed by atoms with E-state index < -0.39 is 17.9 Å². The van der Waals surface area contributed by atoms with Gasteiger partial charge >= 0.3 is 6.36 Å². The smallest absolute Gasteiger partial charge is 0.490 e. The highest BCUT2D eigenvalue weighted by Gasteiger charge is 2.35. The van der Waals surface area contributed by atoms with Gasteiger partial charge in [-0.2, -0.15) is 0 Å². The van der Waals surface area contributed by atoms with E-state index in [1.54, 1.807) is 6.07 Å². The van der Waals surface area contributed by atoms with E-state index in [0.717, 1.165) is 44.9 Å². The highest BCUT2D eigenvalue weighted by molar-refractivity contribution is 5.45. The van der Waals surface area contributed by atoms with Gasteiger partial charge in [0.2, 0.25) is 5.75 Å². The molecule has 0 spiro atoms. The van der Waals surface area contributed by atoms with Crippen LogP contribution in [0.15, 0.2) is 12.1 Å². The summed E-state index contributed by atoms with van der Waals surface area (Å²) in [6, 6.07) is 2.96. The molecule has 26 heavy (non-hydrogen) atoms. The monoisotopic (exact) mass is 374 g/mol. The molecule has 2 saturated carbocycles. The minimum absolute atomic E-state index is 0.159. The third-order valence-corrected chi connectivity index (χ3v) is 5.60. The fourth-order valence-electron chi connectivity index (χ4n) is 4.22. The summed E-state index contributed by atoms with van der Waals surface area (Å²) >= 11 is 0. The van der Waals surface area contributed by atoms with Crippen molar-refractivity contribution in [2.75, 3.05) is 6.61 Å². The van der Waals surface area contributed by atoms with Crippen molar-refractivity contribution >= 4 is 0 Å². The average molecular weight is 374 g/mol. The maximum atomic E-state index is 14.7. The van der Waals surface area contributed by atoms with Crippen molar-refractivity contribution in [1.29, 1.82) is 0 Å². The van der Waals surface area contributed by atoms with Crippen molar-refractivity contribution in [2.45, 2.75) is 70.6 Å². The van der Waals surface area contributed by atoms with Gasteiger partial charge in [-0.25, -0.2) is 4.39 Å². The number of benzene rings is 1. The van der Waals surface area contributed by atoms with Gasteiger partial charge in [0, 0.05) is 0 Å². The first-order valence-electron chi connectivity index (χ1n) is 9.62. The standard InChI is InChI=1S/C20H26F4O2/c21-18-16(13-15-7-3-4-8-15)9-10-17(19(18)26-20(22,23)24)25-12-11-14-5-1-2-6-14/h9-10,14-15H,1-8,11-13H2. The van der Waals surface area contributed by atoms with E-state index in [2.05, 4.69) is 4.74 Å². The third-order valence-electron chi connectivity index (χ3n) is 5.60. The van der Waals surface area contributed by atoms with Crippen LogP contribution in [-0.2, 0) is 6.42 Å². The molecule has 3 rings (SSSR count). The van der Waals surface area contributed by atoms with Crippen molar-refractivity contribution in [3.8, 4) is 11.5 Å². The lowest BCUT2D eigenvalue weighted by Gasteiger charge is -2.18. The molecule has 2 aliphatic carbocycles. The zero-order valence-corrected chi connectivity index (χ0v) is 14.9. The van der Waals surface area contributed by atoms with Crippen LogP contribution in [0.25, 0.3) is 0 Å². The van der Waals surface area contributed by atoms with Crippen molar-refractivity contribution in [3.63, 3.8) is 0 Å². The average Bonchev–Trinajstić information content (AvgIpc) is 3.25. The molecule has 6 heteroatoms. The molecule has 0 atom stereocenters. The molecule has 1 aromatic carbocycles. The number of ether oxygens (including phenoxy) is 2. The maximum Gasteiger partial charge on any atom is 0.573 e. The molecule has 146 valence electrons. The Morgan fingerprint density at radius 3 is 2.15 bits per heavy atom. The molecule has 0 radical (unpaired) electrons. The van der Waals surface area contributed by atoms with E-state index in [9.17, 15) is 17.6 Å². The van der Waals surface area contributed by atoms with E-state index in [1.165, 1.54) is 18.9 Å². The molecule has 0 amide bonds. The number of hydrogen-bond donors (Lipinski definition) is 0. The second kappa shape index (κ2) is 8.49. The van der Waals surface area contributed by atoms with Crippen LogP contribution >= 0.6 is 0 Å². The summed E-state index contributed by atoms with van der Waals surface area (Å²) in [6.07, 6.45) is 5.10. The van der Waals surface area contributed by atoms with Crippen molar-refractivity contribution < 1.29 is 27.0 Å². The zero-order chi connectivity index (χ0) is 18.6. The normalized spacial score (nSPS) is 19.2. The fraction of sp³-hybridized carbons (Fsp3) is 0.700. The van der Waals surface area contributed by atoms with Crippen LogP contribution in [0.3, 0.4) is 0 Å². The van der Waals surface area contributed by atoms with Crippen LogP contribution in [0.2, 0.25) is 0 Å². The minimum atomic E-state index is -4.95. The minimum Gasteiger partial charge on any atom is -0.490 e. The molecule has 0 saturated heterocycles. The van der Waals surface area contributed by atoms with E-state index in [4.69, 9.17) is 4.74 Å². The topological polar surface area (TPSA) is 18.5 Å². The number of alkyl halides is 3. The fourth-order valence-corrected chi connectivity index (χ4v) is 4.22. The first-order valence-corrected chi connectivity index (χ1v) is 9.62. The van der Waals surface area contributed by atoms with Crippen molar-refractivity contribution in [2.24, 2.45) is 11.8 Å². The first-order chi connectivity index (χ1) is 12.4. The second-order valence-corrected chi connectivity index (χ2v) is 7.56. The van der Waals surface area contributed by atoms with Gasteiger partial charge in [-0.05, 0) is 36.3 Å². The Kier molecular flexibility index (Phi) is 6.30. The molecule has 0 bridgehead atoms. The van der Waals surface area contributed by atoms with Crippen LogP contribution in [0.1, 0.15) is 63.4 Å². The van der Waals surface area contributed by atoms with Crippen molar-refractivity contribution in [3.05, 3.63) is 23.5 Å². The summed E-state index contributed by atoms with van der Waals surface area (Å²) < 4.78 is 62.5. The zero-order valence-electron chi connectivity index (χ0n) is 14.9. The molecule has 0 aromatic heterocycles. The van der Waals surface area contributed by atoms with E-state index in [-0.39, 0.29) is 17.9 Å². The van der Waals surface area contributed by atoms with Gasteiger partial charge in [0.15, 0.2) is 11.6 Å². The lowest BCUT2D eigenvalue weighted by Crippen LogP contribution is -2.19. The summed E-state index contributed by atoms with van der Waals surface area (Å²) in [5.74, 6) is -1.04. The van der Waals surface area contributed by atoms with Crippen LogP contribution in [0.4, 0.5) is 17.6 Å². The molecular weight excluding hydrogens is 348 g/mol. The Balaban J connectivity index is 1.72. The van der Waals surface area contributed by atoms with Gasteiger partial charge in [0.25, 0.3) is 0 Å². The quantitative estimate of drug-likeness (QED) is 0.513. The number of hydrogen-bond acceptors (Lipinski definition) is 2. The van der Waals surface area contributed by atoms with Gasteiger partial charge in [-0.1, -0.05) is 57.4 Å². The van der Waals surface area contributed by atoms with Crippen LogP contribution in [0, 0.1) is 17.7 Å². The molecule has 2 aliphatic rings. The Hall–Kier alpha value is -1.46. The Bertz CT molecular complexity index is 588. The Morgan fingerprint density at radius 1 is 0.923 bits per heavy atom. The summed E-state index contributed by atoms with van der Waals surface area (Å²) in [7, 11) is 0. The van der Waals surface area contributed by atoms with E-state index in [0.29, 0.717) is 18.3 Å².